The van der Waals surface area contributed by atoms with Crippen LogP contribution in [0.25, 0.3) is 0 Å². The quantitative estimate of drug-likeness (QED) is 0.760. The van der Waals surface area contributed by atoms with Gasteiger partial charge in [-0.25, -0.2) is 0 Å². The van der Waals surface area contributed by atoms with Crippen LogP contribution in [-0.2, 0) is 4.79 Å². The molecule has 0 aromatic rings. The summed E-state index contributed by atoms with van der Waals surface area (Å²) in [5.74, 6) is 0.383. The second-order valence-corrected chi connectivity index (χ2v) is 5.51. The largest absolute Gasteiger partial charge is 0.338 e. The van der Waals surface area contributed by atoms with Crippen LogP contribution in [0.2, 0.25) is 0 Å². The maximum Gasteiger partial charge on any atom is 0.230 e. The lowest BCUT2D eigenvalue weighted by atomic mass is 9.80. The van der Waals surface area contributed by atoms with Crippen molar-refractivity contribution < 1.29 is 4.79 Å². The van der Waals surface area contributed by atoms with Crippen molar-refractivity contribution in [2.75, 3.05) is 26.2 Å². The molecule has 0 bridgehead atoms. The molecule has 1 saturated heterocycles. The van der Waals surface area contributed by atoms with Gasteiger partial charge in [-0.2, -0.15) is 0 Å². The maximum absolute atomic E-state index is 12.7. The third kappa shape index (κ3) is 2.54. The first kappa shape index (κ1) is 12.6. The summed E-state index contributed by atoms with van der Waals surface area (Å²) in [7, 11) is 0. The predicted octanol–water partition coefficient (Wildman–Crippen LogP) is 1.94. The Morgan fingerprint density at radius 1 is 1.59 bits per heavy atom. The van der Waals surface area contributed by atoms with Crippen molar-refractivity contribution in [3.8, 4) is 0 Å². The summed E-state index contributed by atoms with van der Waals surface area (Å²) in [4.78, 5) is 14.7. The first-order chi connectivity index (χ1) is 8.18. The molecule has 0 aliphatic carbocycles. The first-order valence-corrected chi connectivity index (χ1v) is 6.84. The van der Waals surface area contributed by atoms with Crippen molar-refractivity contribution in [3.63, 3.8) is 0 Å². The molecule has 1 unspecified atom stereocenters. The van der Waals surface area contributed by atoms with E-state index in [-0.39, 0.29) is 5.41 Å². The molecule has 0 radical (unpaired) electrons. The highest BCUT2D eigenvalue weighted by molar-refractivity contribution is 5.83. The van der Waals surface area contributed by atoms with Crippen molar-refractivity contribution in [1.82, 2.24) is 10.2 Å². The second kappa shape index (κ2) is 5.21. The standard InChI is InChI=1S/C14H24N2O/c1-3-6-14(7-8-15-11-14)13(17)16-9-4-12(2)5-10-16/h4,15H,3,5-11H2,1-2H3. The topological polar surface area (TPSA) is 32.3 Å². The second-order valence-electron chi connectivity index (χ2n) is 5.51. The molecule has 1 atom stereocenters. The predicted molar refractivity (Wildman–Crippen MR) is 69.8 cm³/mol. The molecule has 17 heavy (non-hydrogen) atoms. The Bertz CT molecular complexity index is 316. The van der Waals surface area contributed by atoms with Gasteiger partial charge in [-0.05, 0) is 32.7 Å². The normalized spacial score (nSPS) is 29.3. The molecule has 3 heteroatoms. The van der Waals surface area contributed by atoms with Crippen LogP contribution in [0.15, 0.2) is 11.6 Å². The summed E-state index contributed by atoms with van der Waals surface area (Å²) in [6.07, 6.45) is 6.37. The number of nitrogens with zero attached hydrogens (tertiary/aromatic N) is 1. The molecule has 3 nitrogen and oxygen atoms in total. The number of rotatable bonds is 3. The molecule has 0 spiro atoms. The van der Waals surface area contributed by atoms with E-state index in [1.807, 2.05) is 0 Å². The zero-order chi connectivity index (χ0) is 12.3. The van der Waals surface area contributed by atoms with Crippen molar-refractivity contribution in [3.05, 3.63) is 11.6 Å². The molecule has 96 valence electrons. The summed E-state index contributed by atoms with van der Waals surface area (Å²) in [5, 5.41) is 3.36. The molecule has 1 fully saturated rings. The van der Waals surface area contributed by atoms with Crippen LogP contribution >= 0.6 is 0 Å². The zero-order valence-corrected chi connectivity index (χ0v) is 11.1. The Hall–Kier alpha value is -0.830. The highest BCUT2D eigenvalue weighted by atomic mass is 16.2. The van der Waals surface area contributed by atoms with E-state index < -0.39 is 0 Å². The van der Waals surface area contributed by atoms with Gasteiger partial charge in [0.05, 0.1) is 5.41 Å². The average molecular weight is 236 g/mol. The minimum absolute atomic E-state index is 0.103. The molecule has 0 aromatic carbocycles. The molecule has 2 aliphatic heterocycles. The van der Waals surface area contributed by atoms with E-state index in [0.29, 0.717) is 5.91 Å². The van der Waals surface area contributed by atoms with Crippen LogP contribution in [0, 0.1) is 5.41 Å². The summed E-state index contributed by atoms with van der Waals surface area (Å²) in [5.41, 5.74) is 1.32. The monoisotopic (exact) mass is 236 g/mol. The van der Waals surface area contributed by atoms with Crippen molar-refractivity contribution >= 4 is 5.91 Å². The van der Waals surface area contributed by atoms with Crippen LogP contribution in [0.3, 0.4) is 0 Å². The maximum atomic E-state index is 12.7. The Morgan fingerprint density at radius 3 is 2.94 bits per heavy atom. The summed E-state index contributed by atoms with van der Waals surface area (Å²) < 4.78 is 0. The first-order valence-electron chi connectivity index (χ1n) is 6.84. The minimum Gasteiger partial charge on any atom is -0.338 e. The SMILES string of the molecule is CCCC1(C(=O)N2CC=C(C)CC2)CCNC1. The highest BCUT2D eigenvalue weighted by Crippen LogP contribution is 2.34. The third-order valence-electron chi connectivity index (χ3n) is 4.15. The van der Waals surface area contributed by atoms with Crippen molar-refractivity contribution in [1.29, 1.82) is 0 Å². The summed E-state index contributed by atoms with van der Waals surface area (Å²) >= 11 is 0. The Labute approximate surface area is 104 Å². The van der Waals surface area contributed by atoms with Crippen LogP contribution in [-0.4, -0.2) is 37.0 Å². The number of hydrogen-bond acceptors (Lipinski definition) is 2. The molecule has 2 rings (SSSR count). The Kier molecular flexibility index (Phi) is 3.87. The summed E-state index contributed by atoms with van der Waals surface area (Å²) in [6.45, 7) is 7.92. The summed E-state index contributed by atoms with van der Waals surface area (Å²) in [6, 6.07) is 0. The van der Waals surface area contributed by atoms with Crippen LogP contribution in [0.5, 0.6) is 0 Å². The lowest BCUT2D eigenvalue weighted by Gasteiger charge is -2.35. The van der Waals surface area contributed by atoms with Gasteiger partial charge in [0.25, 0.3) is 0 Å². The fraction of sp³-hybridized carbons (Fsp3) is 0.786. The number of nitrogens with one attached hydrogen (secondary N) is 1. The average Bonchev–Trinajstić information content (AvgIpc) is 2.79. The molecule has 2 heterocycles. The number of carbonyl (C=O) groups excluding carboxylic acids is 1. The van der Waals surface area contributed by atoms with Gasteiger partial charge in [0.15, 0.2) is 0 Å². The van der Waals surface area contributed by atoms with Crippen molar-refractivity contribution in [2.45, 2.75) is 39.5 Å². The van der Waals surface area contributed by atoms with E-state index in [9.17, 15) is 4.79 Å². The molecule has 0 aromatic heterocycles. The van der Waals surface area contributed by atoms with Gasteiger partial charge in [-0.15, -0.1) is 0 Å². The molecule has 0 saturated carbocycles. The van der Waals surface area contributed by atoms with E-state index in [0.717, 1.165) is 51.9 Å². The molecule has 1 N–H and O–H groups in total. The van der Waals surface area contributed by atoms with Crippen LogP contribution in [0.4, 0.5) is 0 Å². The van der Waals surface area contributed by atoms with E-state index in [2.05, 4.69) is 30.1 Å². The Morgan fingerprint density at radius 2 is 2.41 bits per heavy atom. The van der Waals surface area contributed by atoms with E-state index in [1.54, 1.807) is 0 Å². The van der Waals surface area contributed by atoms with E-state index in [4.69, 9.17) is 0 Å². The minimum atomic E-state index is -0.103. The molecule has 2 aliphatic rings. The Balaban J connectivity index is 2.06. The van der Waals surface area contributed by atoms with Gasteiger partial charge in [-0.3, -0.25) is 4.79 Å². The van der Waals surface area contributed by atoms with Crippen LogP contribution < -0.4 is 5.32 Å². The third-order valence-corrected chi connectivity index (χ3v) is 4.15. The fourth-order valence-electron chi connectivity index (χ4n) is 3.02. The number of hydrogen-bond donors (Lipinski definition) is 1. The number of amides is 1. The molecular weight excluding hydrogens is 212 g/mol. The zero-order valence-electron chi connectivity index (χ0n) is 11.1. The fourth-order valence-corrected chi connectivity index (χ4v) is 3.02. The molecule has 1 amide bonds. The van der Waals surface area contributed by atoms with Gasteiger partial charge in [0.2, 0.25) is 5.91 Å². The molecular formula is C14H24N2O. The van der Waals surface area contributed by atoms with Gasteiger partial charge >= 0.3 is 0 Å². The van der Waals surface area contributed by atoms with Crippen LogP contribution in [0.1, 0.15) is 39.5 Å². The van der Waals surface area contributed by atoms with Gasteiger partial charge in [-0.1, -0.05) is 25.0 Å². The highest BCUT2D eigenvalue weighted by Gasteiger charge is 2.42. The lowest BCUT2D eigenvalue weighted by molar-refractivity contribution is -0.141. The van der Waals surface area contributed by atoms with Gasteiger partial charge in [0.1, 0.15) is 0 Å². The van der Waals surface area contributed by atoms with E-state index >= 15 is 0 Å². The van der Waals surface area contributed by atoms with Crippen molar-refractivity contribution in [2.24, 2.45) is 5.41 Å². The lowest BCUT2D eigenvalue weighted by Crippen LogP contribution is -2.46. The number of carbonyl (C=O) groups is 1. The smallest absolute Gasteiger partial charge is 0.230 e. The van der Waals surface area contributed by atoms with Gasteiger partial charge in [0, 0.05) is 19.6 Å². The van der Waals surface area contributed by atoms with E-state index in [1.165, 1.54) is 5.57 Å². The van der Waals surface area contributed by atoms with Gasteiger partial charge < -0.3 is 10.2 Å².